The summed E-state index contributed by atoms with van der Waals surface area (Å²) in [6.45, 7) is 1.91. The number of rotatable bonds is 4. The number of hydrogen-bond donors (Lipinski definition) is 3. The van der Waals surface area contributed by atoms with Crippen molar-refractivity contribution in [3.8, 4) is 5.75 Å². The summed E-state index contributed by atoms with van der Waals surface area (Å²) in [5.74, 6) is 1.79. The fourth-order valence-electron chi connectivity index (χ4n) is 3.55. The molecule has 4 heteroatoms. The Bertz CT molecular complexity index is 538. The number of carbonyl (C=O) groups excluding carboxylic acids is 1. The molecule has 0 bridgehead atoms. The van der Waals surface area contributed by atoms with Gasteiger partial charge in [0.2, 0.25) is 5.91 Å². The van der Waals surface area contributed by atoms with Crippen molar-refractivity contribution in [3.05, 3.63) is 35.9 Å². The Balaban J connectivity index is 1.56. The molecular weight excluding hydrogens is 264 g/mol. The molecule has 0 aliphatic heterocycles. The van der Waals surface area contributed by atoms with Crippen molar-refractivity contribution < 1.29 is 9.90 Å². The predicted octanol–water partition coefficient (Wildman–Crippen LogP) is 2.81. The van der Waals surface area contributed by atoms with Gasteiger partial charge in [0.1, 0.15) is 5.75 Å². The molecule has 2 atom stereocenters. The minimum Gasteiger partial charge on any atom is -0.508 e. The maximum Gasteiger partial charge on any atom is 0.241 e. The van der Waals surface area contributed by atoms with Crippen molar-refractivity contribution >= 4 is 11.6 Å². The third-order valence-electron chi connectivity index (χ3n) is 4.75. The summed E-state index contributed by atoms with van der Waals surface area (Å²) in [4.78, 5) is 12.2. The Kier molecular flexibility index (Phi) is 3.86. The smallest absolute Gasteiger partial charge is 0.241 e. The first-order valence-corrected chi connectivity index (χ1v) is 7.72. The molecule has 0 aromatic heterocycles. The van der Waals surface area contributed by atoms with Crippen LogP contribution in [0.25, 0.3) is 5.70 Å². The molecule has 112 valence electrons. The lowest BCUT2D eigenvalue weighted by Crippen LogP contribution is -2.37. The maximum atomic E-state index is 12.2. The van der Waals surface area contributed by atoms with E-state index in [-0.39, 0.29) is 17.6 Å². The third kappa shape index (κ3) is 2.89. The Morgan fingerprint density at radius 1 is 1.14 bits per heavy atom. The molecule has 2 unspecified atom stereocenters. The van der Waals surface area contributed by atoms with Gasteiger partial charge in [-0.3, -0.25) is 15.6 Å². The van der Waals surface area contributed by atoms with Crippen LogP contribution in [0.2, 0.25) is 0 Å². The highest BCUT2D eigenvalue weighted by Gasteiger charge is 2.54. The average molecular weight is 286 g/mol. The minimum atomic E-state index is 0.116. The SMILES string of the molecule is CC=C(NNC(=O)C1C2CCCCC21)c1ccc(O)cc1. The highest BCUT2D eigenvalue weighted by atomic mass is 16.3. The standard InChI is InChI=1S/C17H22N2O2/c1-2-15(11-7-9-12(20)10-8-11)18-19-17(21)16-13-5-3-4-6-14(13)16/h2,7-10,13-14,16,18,20H,3-6H2,1H3,(H,19,21). The number of allylic oxidation sites excluding steroid dienone is 1. The van der Waals surface area contributed by atoms with E-state index in [1.807, 2.05) is 25.1 Å². The minimum absolute atomic E-state index is 0.116. The van der Waals surface area contributed by atoms with E-state index in [4.69, 9.17) is 0 Å². The van der Waals surface area contributed by atoms with Crippen LogP contribution in [0.3, 0.4) is 0 Å². The van der Waals surface area contributed by atoms with Crippen LogP contribution in [0.5, 0.6) is 5.75 Å². The third-order valence-corrected chi connectivity index (χ3v) is 4.75. The van der Waals surface area contributed by atoms with Gasteiger partial charge in [0.15, 0.2) is 0 Å². The van der Waals surface area contributed by atoms with Crippen molar-refractivity contribution in [2.24, 2.45) is 17.8 Å². The largest absolute Gasteiger partial charge is 0.508 e. The molecule has 0 spiro atoms. The van der Waals surface area contributed by atoms with Crippen LogP contribution in [-0.2, 0) is 4.79 Å². The molecule has 1 aromatic carbocycles. The number of aromatic hydroxyl groups is 1. The van der Waals surface area contributed by atoms with Crippen LogP contribution < -0.4 is 10.9 Å². The maximum absolute atomic E-state index is 12.2. The van der Waals surface area contributed by atoms with E-state index in [2.05, 4.69) is 10.9 Å². The Labute approximate surface area is 125 Å². The van der Waals surface area contributed by atoms with E-state index in [1.165, 1.54) is 25.7 Å². The molecule has 0 saturated heterocycles. The molecular formula is C17H22N2O2. The van der Waals surface area contributed by atoms with E-state index in [0.29, 0.717) is 11.8 Å². The molecule has 3 N–H and O–H groups in total. The molecule has 2 fully saturated rings. The number of benzene rings is 1. The van der Waals surface area contributed by atoms with Crippen LogP contribution in [0.4, 0.5) is 0 Å². The zero-order valence-electron chi connectivity index (χ0n) is 12.3. The molecule has 2 aliphatic carbocycles. The van der Waals surface area contributed by atoms with Gasteiger partial charge in [-0.1, -0.05) is 18.9 Å². The molecule has 1 aromatic rings. The van der Waals surface area contributed by atoms with Crippen molar-refractivity contribution in [2.45, 2.75) is 32.6 Å². The molecule has 21 heavy (non-hydrogen) atoms. The number of hydrazine groups is 1. The molecule has 3 rings (SSSR count). The monoisotopic (exact) mass is 286 g/mol. The van der Waals surface area contributed by atoms with Crippen molar-refractivity contribution in [1.82, 2.24) is 10.9 Å². The zero-order valence-corrected chi connectivity index (χ0v) is 12.3. The van der Waals surface area contributed by atoms with E-state index in [0.717, 1.165) is 11.3 Å². The van der Waals surface area contributed by atoms with Gasteiger partial charge in [0.05, 0.1) is 5.70 Å². The van der Waals surface area contributed by atoms with Crippen LogP contribution >= 0.6 is 0 Å². The van der Waals surface area contributed by atoms with Gasteiger partial charge >= 0.3 is 0 Å². The van der Waals surface area contributed by atoms with Gasteiger partial charge in [-0.25, -0.2) is 0 Å². The fraction of sp³-hybridized carbons (Fsp3) is 0.471. The van der Waals surface area contributed by atoms with Crippen LogP contribution in [0, 0.1) is 17.8 Å². The van der Waals surface area contributed by atoms with Gasteiger partial charge < -0.3 is 5.11 Å². The first-order chi connectivity index (χ1) is 10.2. The molecule has 0 heterocycles. The summed E-state index contributed by atoms with van der Waals surface area (Å²) in [6, 6.07) is 6.91. The quantitative estimate of drug-likeness (QED) is 0.746. The number of fused-ring (bicyclic) bond motifs is 1. The lowest BCUT2D eigenvalue weighted by atomic mass is 10.0. The highest BCUT2D eigenvalue weighted by molar-refractivity contribution is 5.83. The van der Waals surface area contributed by atoms with Crippen molar-refractivity contribution in [2.75, 3.05) is 0 Å². The van der Waals surface area contributed by atoms with Gasteiger partial charge in [-0.05, 0) is 61.4 Å². The number of hydrogen-bond acceptors (Lipinski definition) is 3. The summed E-state index contributed by atoms with van der Waals surface area (Å²) in [5, 5.41) is 9.32. The zero-order chi connectivity index (χ0) is 14.8. The molecule has 1 amide bonds. The van der Waals surface area contributed by atoms with Gasteiger partial charge in [0.25, 0.3) is 0 Å². The van der Waals surface area contributed by atoms with E-state index >= 15 is 0 Å². The number of phenolic OH excluding ortho intramolecular Hbond substituents is 1. The first-order valence-electron chi connectivity index (χ1n) is 7.72. The Morgan fingerprint density at radius 3 is 2.33 bits per heavy atom. The second kappa shape index (κ2) is 5.80. The predicted molar refractivity (Wildman–Crippen MR) is 82.0 cm³/mol. The second-order valence-corrected chi connectivity index (χ2v) is 6.00. The van der Waals surface area contributed by atoms with E-state index in [9.17, 15) is 9.90 Å². The Morgan fingerprint density at radius 2 is 1.76 bits per heavy atom. The van der Waals surface area contributed by atoms with Crippen LogP contribution in [0.1, 0.15) is 38.2 Å². The topological polar surface area (TPSA) is 61.4 Å². The average Bonchev–Trinajstić information content (AvgIpc) is 3.24. The summed E-state index contributed by atoms with van der Waals surface area (Å²) in [6.07, 6.45) is 6.86. The normalized spacial score (nSPS) is 27.7. The van der Waals surface area contributed by atoms with Gasteiger partial charge in [-0.15, -0.1) is 0 Å². The summed E-state index contributed by atoms with van der Waals surface area (Å²) >= 11 is 0. The number of nitrogens with one attached hydrogen (secondary N) is 2. The number of carbonyl (C=O) groups is 1. The van der Waals surface area contributed by atoms with Crippen molar-refractivity contribution in [3.63, 3.8) is 0 Å². The van der Waals surface area contributed by atoms with Gasteiger partial charge in [0, 0.05) is 5.92 Å². The molecule has 2 aliphatic rings. The number of phenols is 1. The summed E-state index contributed by atoms with van der Waals surface area (Å²) in [7, 11) is 0. The number of amides is 1. The highest BCUT2D eigenvalue weighted by Crippen LogP contribution is 2.55. The van der Waals surface area contributed by atoms with Gasteiger partial charge in [-0.2, -0.15) is 0 Å². The molecule has 4 nitrogen and oxygen atoms in total. The summed E-state index contributed by atoms with van der Waals surface area (Å²) < 4.78 is 0. The lowest BCUT2D eigenvalue weighted by molar-refractivity contribution is -0.123. The first kappa shape index (κ1) is 14.0. The lowest BCUT2D eigenvalue weighted by Gasteiger charge is -2.12. The van der Waals surface area contributed by atoms with Crippen LogP contribution in [-0.4, -0.2) is 11.0 Å². The molecule has 2 saturated carbocycles. The second-order valence-electron chi connectivity index (χ2n) is 6.00. The summed E-state index contributed by atoms with van der Waals surface area (Å²) in [5.41, 5.74) is 7.64. The van der Waals surface area contributed by atoms with E-state index < -0.39 is 0 Å². The van der Waals surface area contributed by atoms with Crippen molar-refractivity contribution in [1.29, 1.82) is 0 Å². The molecule has 0 radical (unpaired) electrons. The Hall–Kier alpha value is -1.97. The van der Waals surface area contributed by atoms with E-state index in [1.54, 1.807) is 12.1 Å². The fourth-order valence-corrected chi connectivity index (χ4v) is 3.55. The van der Waals surface area contributed by atoms with Crippen LogP contribution in [0.15, 0.2) is 30.3 Å².